The highest BCUT2D eigenvalue weighted by Crippen LogP contribution is 2.27. The summed E-state index contributed by atoms with van der Waals surface area (Å²) in [5.41, 5.74) is 0.478. The molecule has 2 atom stereocenters. The molecule has 0 radical (unpaired) electrons. The van der Waals surface area contributed by atoms with Crippen molar-refractivity contribution >= 4 is 23.2 Å². The second-order valence-corrected chi connectivity index (χ2v) is 5.97. The van der Waals surface area contributed by atoms with Gasteiger partial charge < -0.3 is 10.0 Å². The molecule has 2 heterocycles. The third-order valence-corrected chi connectivity index (χ3v) is 4.64. The maximum Gasteiger partial charge on any atom is 0.308 e. The number of aromatic nitrogens is 1. The summed E-state index contributed by atoms with van der Waals surface area (Å²) >= 11 is 1.49. The van der Waals surface area contributed by atoms with E-state index in [2.05, 4.69) is 11.6 Å². The van der Waals surface area contributed by atoms with Gasteiger partial charge in [0.25, 0.3) is 0 Å². The van der Waals surface area contributed by atoms with Gasteiger partial charge in [-0.3, -0.25) is 9.59 Å². The molecule has 0 saturated carbocycles. The van der Waals surface area contributed by atoms with Crippen LogP contribution in [0.1, 0.15) is 30.7 Å². The molecule has 0 bridgehead atoms. The van der Waals surface area contributed by atoms with E-state index in [1.807, 2.05) is 12.3 Å². The third kappa shape index (κ3) is 3.07. The molecular weight excluding hydrogens is 276 g/mol. The first-order valence-corrected chi connectivity index (χ1v) is 7.49. The highest BCUT2D eigenvalue weighted by molar-refractivity contribution is 7.09. The summed E-state index contributed by atoms with van der Waals surface area (Å²) in [6, 6.07) is 0. The van der Waals surface area contributed by atoms with Crippen molar-refractivity contribution in [2.75, 3.05) is 13.1 Å². The Morgan fingerprint density at radius 1 is 1.60 bits per heavy atom. The summed E-state index contributed by atoms with van der Waals surface area (Å²) in [5, 5.41) is 11.8. The molecule has 108 valence electrons. The van der Waals surface area contributed by atoms with E-state index in [0.717, 1.165) is 11.4 Å². The number of carboxylic acids is 1. The van der Waals surface area contributed by atoms with Crippen LogP contribution in [0.2, 0.25) is 0 Å². The van der Waals surface area contributed by atoms with Crippen LogP contribution in [0.15, 0.2) is 23.7 Å². The summed E-state index contributed by atoms with van der Waals surface area (Å²) in [6.07, 6.45) is 3.06. The number of aliphatic carboxylic acids is 1. The lowest BCUT2D eigenvalue weighted by Crippen LogP contribution is -2.43. The molecule has 1 saturated heterocycles. The Labute approximate surface area is 121 Å². The van der Waals surface area contributed by atoms with Crippen molar-refractivity contribution in [2.45, 2.75) is 25.7 Å². The van der Waals surface area contributed by atoms with Gasteiger partial charge in [0, 0.05) is 36.2 Å². The average molecular weight is 294 g/mol. The zero-order chi connectivity index (χ0) is 14.7. The van der Waals surface area contributed by atoms with E-state index in [1.165, 1.54) is 11.3 Å². The molecule has 1 amide bonds. The number of rotatable bonds is 4. The van der Waals surface area contributed by atoms with Crippen molar-refractivity contribution in [1.82, 2.24) is 9.88 Å². The Morgan fingerprint density at radius 2 is 2.35 bits per heavy atom. The normalized spacial score (nSPS) is 20.4. The SMILES string of the molecule is C=C(C(=O)N1CCCC(C(=O)O)C1)C(C)c1nccs1. The molecule has 1 aromatic rings. The first-order valence-electron chi connectivity index (χ1n) is 6.61. The van der Waals surface area contributed by atoms with Crippen LogP contribution < -0.4 is 0 Å². The molecule has 6 heteroatoms. The highest BCUT2D eigenvalue weighted by Gasteiger charge is 2.30. The van der Waals surface area contributed by atoms with Crippen LogP contribution >= 0.6 is 11.3 Å². The van der Waals surface area contributed by atoms with Crippen molar-refractivity contribution in [3.63, 3.8) is 0 Å². The van der Waals surface area contributed by atoms with Gasteiger partial charge in [-0.05, 0) is 12.8 Å². The maximum absolute atomic E-state index is 12.4. The first-order chi connectivity index (χ1) is 9.50. The van der Waals surface area contributed by atoms with Gasteiger partial charge >= 0.3 is 5.97 Å². The topological polar surface area (TPSA) is 70.5 Å². The number of hydrogen-bond acceptors (Lipinski definition) is 4. The number of amides is 1. The molecule has 0 aromatic carbocycles. The Bertz CT molecular complexity index is 512. The van der Waals surface area contributed by atoms with Gasteiger partial charge in [-0.25, -0.2) is 4.98 Å². The monoisotopic (exact) mass is 294 g/mol. The molecule has 0 spiro atoms. The zero-order valence-corrected chi connectivity index (χ0v) is 12.2. The van der Waals surface area contributed by atoms with Crippen molar-refractivity contribution in [3.8, 4) is 0 Å². The summed E-state index contributed by atoms with van der Waals surface area (Å²) in [6.45, 7) is 6.66. The largest absolute Gasteiger partial charge is 0.481 e. The van der Waals surface area contributed by atoms with E-state index < -0.39 is 11.9 Å². The highest BCUT2D eigenvalue weighted by atomic mass is 32.1. The standard InChI is InChI=1S/C14H18N2O3S/c1-9(12-15-5-7-20-12)10(2)13(17)16-6-3-4-11(8-16)14(18)19/h5,7,9,11H,2-4,6,8H2,1H3,(H,18,19). The number of likely N-dealkylation sites (tertiary alicyclic amines) is 1. The lowest BCUT2D eigenvalue weighted by molar-refractivity contribution is -0.145. The van der Waals surface area contributed by atoms with Gasteiger partial charge in [-0.1, -0.05) is 13.5 Å². The third-order valence-electron chi connectivity index (χ3n) is 3.68. The van der Waals surface area contributed by atoms with Crippen molar-refractivity contribution < 1.29 is 14.7 Å². The van der Waals surface area contributed by atoms with E-state index in [4.69, 9.17) is 5.11 Å². The molecule has 2 rings (SSSR count). The predicted octanol–water partition coefficient (Wildman–Crippen LogP) is 2.13. The average Bonchev–Trinajstić information content (AvgIpc) is 2.99. The molecular formula is C14H18N2O3S. The van der Waals surface area contributed by atoms with Crippen LogP contribution in [0.4, 0.5) is 0 Å². The maximum atomic E-state index is 12.4. The Hall–Kier alpha value is -1.69. The van der Waals surface area contributed by atoms with Gasteiger partial charge in [-0.2, -0.15) is 0 Å². The Balaban J connectivity index is 2.03. The number of carbonyl (C=O) groups is 2. The first kappa shape index (κ1) is 14.7. The van der Waals surface area contributed by atoms with Crippen LogP contribution in [0.3, 0.4) is 0 Å². The van der Waals surface area contributed by atoms with E-state index in [0.29, 0.717) is 18.5 Å². The molecule has 20 heavy (non-hydrogen) atoms. The van der Waals surface area contributed by atoms with Crippen molar-refractivity contribution in [3.05, 3.63) is 28.7 Å². The second-order valence-electron chi connectivity index (χ2n) is 5.05. The molecule has 1 aromatic heterocycles. The molecule has 2 unspecified atom stereocenters. The fourth-order valence-electron chi connectivity index (χ4n) is 2.35. The minimum Gasteiger partial charge on any atom is -0.481 e. The lowest BCUT2D eigenvalue weighted by atomic mass is 9.96. The number of piperidine rings is 1. The van der Waals surface area contributed by atoms with Crippen LogP contribution in [0.25, 0.3) is 0 Å². The Kier molecular flexibility index (Phi) is 4.54. The van der Waals surface area contributed by atoms with Gasteiger partial charge in [0.1, 0.15) is 0 Å². The minimum absolute atomic E-state index is 0.132. The van der Waals surface area contributed by atoms with Crippen LogP contribution in [-0.2, 0) is 9.59 Å². The zero-order valence-electron chi connectivity index (χ0n) is 11.4. The smallest absolute Gasteiger partial charge is 0.308 e. The van der Waals surface area contributed by atoms with Gasteiger partial charge in [-0.15, -0.1) is 11.3 Å². The number of nitrogens with zero attached hydrogens (tertiary/aromatic N) is 2. The van der Waals surface area contributed by atoms with E-state index in [1.54, 1.807) is 11.1 Å². The summed E-state index contributed by atoms with van der Waals surface area (Å²) in [5.74, 6) is -1.58. The summed E-state index contributed by atoms with van der Waals surface area (Å²) in [7, 11) is 0. The van der Waals surface area contributed by atoms with Crippen LogP contribution in [0, 0.1) is 5.92 Å². The number of hydrogen-bond donors (Lipinski definition) is 1. The Morgan fingerprint density at radius 3 is 2.95 bits per heavy atom. The fraction of sp³-hybridized carbons (Fsp3) is 0.500. The second kappa shape index (κ2) is 6.17. The van der Waals surface area contributed by atoms with Gasteiger partial charge in [0.2, 0.25) is 5.91 Å². The number of thiazole rings is 1. The minimum atomic E-state index is -0.832. The molecule has 1 aliphatic heterocycles. The molecule has 1 N–H and O–H groups in total. The molecule has 5 nitrogen and oxygen atoms in total. The number of carboxylic acid groups (broad SMARTS) is 1. The van der Waals surface area contributed by atoms with Gasteiger partial charge in [0.15, 0.2) is 0 Å². The van der Waals surface area contributed by atoms with E-state index >= 15 is 0 Å². The van der Waals surface area contributed by atoms with Gasteiger partial charge in [0.05, 0.1) is 10.9 Å². The predicted molar refractivity (Wildman–Crippen MR) is 76.6 cm³/mol. The van der Waals surface area contributed by atoms with E-state index in [-0.39, 0.29) is 18.4 Å². The lowest BCUT2D eigenvalue weighted by Gasteiger charge is -2.32. The van der Waals surface area contributed by atoms with Crippen molar-refractivity contribution in [2.24, 2.45) is 5.92 Å². The molecule has 1 fully saturated rings. The summed E-state index contributed by atoms with van der Waals surface area (Å²) in [4.78, 5) is 29.3. The number of carbonyl (C=O) groups excluding carboxylic acids is 1. The molecule has 0 aliphatic carbocycles. The van der Waals surface area contributed by atoms with Crippen molar-refractivity contribution in [1.29, 1.82) is 0 Å². The molecule has 1 aliphatic rings. The summed E-state index contributed by atoms with van der Waals surface area (Å²) < 4.78 is 0. The van der Waals surface area contributed by atoms with E-state index in [9.17, 15) is 9.59 Å². The fourth-order valence-corrected chi connectivity index (χ4v) is 3.08. The van der Waals surface area contributed by atoms with Crippen LogP contribution in [0.5, 0.6) is 0 Å². The van der Waals surface area contributed by atoms with Crippen LogP contribution in [-0.4, -0.2) is 40.0 Å². The quantitative estimate of drug-likeness (QED) is 0.864.